The van der Waals surface area contributed by atoms with E-state index in [1.54, 1.807) is 31.4 Å². The molecule has 7 nitrogen and oxygen atoms in total. The molecule has 0 saturated carbocycles. The summed E-state index contributed by atoms with van der Waals surface area (Å²) in [5.74, 6) is 1.40. The van der Waals surface area contributed by atoms with Gasteiger partial charge in [-0.25, -0.2) is 4.79 Å². The fourth-order valence-corrected chi connectivity index (χ4v) is 5.72. The van der Waals surface area contributed by atoms with Crippen molar-refractivity contribution in [1.29, 1.82) is 0 Å². The van der Waals surface area contributed by atoms with E-state index in [0.29, 0.717) is 47.0 Å². The summed E-state index contributed by atoms with van der Waals surface area (Å²) in [7, 11) is 1.59. The molecule has 1 fully saturated rings. The number of phenolic OH excluding ortho intramolecular Hbond substituents is 1. The topological polar surface area (TPSA) is 84.9 Å². The number of fused-ring (bicyclic) bond motifs is 5. The fraction of sp³-hybridized carbons (Fsp3) is 0.286. The Morgan fingerprint density at radius 1 is 1.03 bits per heavy atom. The van der Waals surface area contributed by atoms with Crippen LogP contribution in [0.4, 0.5) is 0 Å². The Morgan fingerprint density at radius 3 is 2.74 bits per heavy atom. The van der Waals surface area contributed by atoms with E-state index in [2.05, 4.69) is 4.90 Å². The van der Waals surface area contributed by atoms with E-state index < -0.39 is 5.63 Å². The molecule has 178 valence electrons. The summed E-state index contributed by atoms with van der Waals surface area (Å²) in [6, 6.07) is 18.0. The van der Waals surface area contributed by atoms with E-state index in [4.69, 9.17) is 9.15 Å². The third kappa shape index (κ3) is 3.82. The maximum Gasteiger partial charge on any atom is 0.344 e. The number of aromatic nitrogens is 1. The van der Waals surface area contributed by atoms with Gasteiger partial charge in [-0.1, -0.05) is 18.2 Å². The summed E-state index contributed by atoms with van der Waals surface area (Å²) >= 11 is 0. The van der Waals surface area contributed by atoms with Crippen LogP contribution in [0.15, 0.2) is 74.7 Å². The molecule has 0 aliphatic carbocycles. The molecule has 2 aliphatic heterocycles. The number of rotatable bonds is 4. The van der Waals surface area contributed by atoms with Crippen molar-refractivity contribution in [3.8, 4) is 22.6 Å². The number of methoxy groups -OCH3 is 1. The minimum atomic E-state index is -0.457. The highest BCUT2D eigenvalue weighted by molar-refractivity contribution is 5.85. The number of ether oxygens (including phenoxy) is 1. The number of nitrogens with zero attached hydrogens (tertiary/aromatic N) is 2. The molecule has 7 heteroatoms. The summed E-state index contributed by atoms with van der Waals surface area (Å²) in [5.41, 5.74) is 2.87. The van der Waals surface area contributed by atoms with Crippen LogP contribution in [0, 0.1) is 5.92 Å². The van der Waals surface area contributed by atoms with Crippen molar-refractivity contribution in [3.63, 3.8) is 0 Å². The average molecular weight is 471 g/mol. The third-order valence-corrected chi connectivity index (χ3v) is 7.30. The van der Waals surface area contributed by atoms with Crippen LogP contribution in [0.2, 0.25) is 0 Å². The van der Waals surface area contributed by atoms with Gasteiger partial charge in [0, 0.05) is 49.2 Å². The van der Waals surface area contributed by atoms with Gasteiger partial charge in [0.2, 0.25) is 0 Å². The van der Waals surface area contributed by atoms with Crippen LogP contribution in [0.5, 0.6) is 11.5 Å². The lowest BCUT2D eigenvalue weighted by Gasteiger charge is -2.42. The number of hydrogen-bond acceptors (Lipinski definition) is 6. The molecule has 4 heterocycles. The minimum absolute atomic E-state index is 0.0611. The average Bonchev–Trinajstić information content (AvgIpc) is 2.86. The Labute approximate surface area is 201 Å². The van der Waals surface area contributed by atoms with E-state index in [0.717, 1.165) is 30.6 Å². The molecule has 0 amide bonds. The predicted molar refractivity (Wildman–Crippen MR) is 133 cm³/mol. The predicted octanol–water partition coefficient (Wildman–Crippen LogP) is 3.96. The molecular formula is C28H26N2O5. The van der Waals surface area contributed by atoms with Gasteiger partial charge in [-0.3, -0.25) is 9.69 Å². The lowest BCUT2D eigenvalue weighted by atomic mass is 9.83. The lowest BCUT2D eigenvalue weighted by Crippen LogP contribution is -2.46. The first-order chi connectivity index (χ1) is 17.0. The van der Waals surface area contributed by atoms with Crippen molar-refractivity contribution in [1.82, 2.24) is 9.47 Å². The van der Waals surface area contributed by atoms with Crippen molar-refractivity contribution in [2.75, 3.05) is 20.2 Å². The third-order valence-electron chi connectivity index (χ3n) is 7.30. The standard InChI is InChI=1S/C28H26N2O5/c1-34-21-5-2-4-18(11-21)22-12-19-8-9-25(31)23(27(19)35-28(22)33)16-29-13-17-10-20(15-29)24-6-3-7-26(32)30(24)14-17/h2-9,11-12,17,20,31H,10,13-16H2,1H3/t17-,20-/m0/s1. The van der Waals surface area contributed by atoms with Gasteiger partial charge in [-0.2, -0.15) is 0 Å². The fourth-order valence-electron chi connectivity index (χ4n) is 5.72. The van der Waals surface area contributed by atoms with Gasteiger partial charge >= 0.3 is 5.63 Å². The van der Waals surface area contributed by atoms with E-state index in [1.807, 2.05) is 41.0 Å². The summed E-state index contributed by atoms with van der Waals surface area (Å²) < 4.78 is 13.0. The minimum Gasteiger partial charge on any atom is -0.507 e. The maximum absolute atomic E-state index is 13.0. The molecule has 0 radical (unpaired) electrons. The molecule has 0 unspecified atom stereocenters. The summed E-state index contributed by atoms with van der Waals surface area (Å²) in [5, 5.41) is 11.5. The highest BCUT2D eigenvalue weighted by Crippen LogP contribution is 2.37. The van der Waals surface area contributed by atoms with Crippen LogP contribution in [0.3, 0.4) is 0 Å². The molecule has 2 bridgehead atoms. The second kappa shape index (κ2) is 8.43. The van der Waals surface area contributed by atoms with Gasteiger partial charge < -0.3 is 18.8 Å². The SMILES string of the molecule is COc1cccc(-c2cc3ccc(O)c(CN4C[C@@H]5C[C@@H](C4)c4cccc(=O)n4C5)c3oc2=O)c1. The number of phenols is 1. The Morgan fingerprint density at radius 2 is 1.89 bits per heavy atom. The molecule has 4 aromatic rings. The van der Waals surface area contributed by atoms with Crippen molar-refractivity contribution in [2.45, 2.75) is 25.4 Å². The van der Waals surface area contributed by atoms with Crippen molar-refractivity contribution in [2.24, 2.45) is 5.92 Å². The molecule has 2 atom stereocenters. The molecule has 2 aliphatic rings. The molecule has 1 saturated heterocycles. The molecule has 2 aromatic heterocycles. The smallest absolute Gasteiger partial charge is 0.344 e. The van der Waals surface area contributed by atoms with Gasteiger partial charge in [0.25, 0.3) is 5.56 Å². The summed E-state index contributed by atoms with van der Waals surface area (Å²) in [6.45, 7) is 2.78. The Kier molecular flexibility index (Phi) is 5.22. The number of pyridine rings is 1. The summed E-state index contributed by atoms with van der Waals surface area (Å²) in [4.78, 5) is 27.6. The van der Waals surface area contributed by atoms with Crippen LogP contribution in [-0.2, 0) is 13.1 Å². The second-order valence-corrected chi connectivity index (χ2v) is 9.55. The normalized spacial score (nSPS) is 19.5. The lowest BCUT2D eigenvalue weighted by molar-refractivity contribution is 0.113. The number of hydrogen-bond donors (Lipinski definition) is 1. The van der Waals surface area contributed by atoms with E-state index in [-0.39, 0.29) is 17.2 Å². The number of benzene rings is 2. The highest BCUT2D eigenvalue weighted by Gasteiger charge is 2.35. The van der Waals surface area contributed by atoms with Gasteiger partial charge in [-0.15, -0.1) is 0 Å². The first-order valence-corrected chi connectivity index (χ1v) is 11.9. The monoisotopic (exact) mass is 470 g/mol. The Balaban J connectivity index is 1.35. The van der Waals surface area contributed by atoms with Crippen LogP contribution in [-0.4, -0.2) is 34.8 Å². The van der Waals surface area contributed by atoms with E-state index in [9.17, 15) is 14.7 Å². The second-order valence-electron chi connectivity index (χ2n) is 9.55. The Bertz CT molecular complexity index is 1550. The van der Waals surface area contributed by atoms with Gasteiger partial charge in [-0.05, 0) is 54.3 Å². The molecule has 6 rings (SSSR count). The highest BCUT2D eigenvalue weighted by atomic mass is 16.5. The zero-order valence-corrected chi connectivity index (χ0v) is 19.4. The first kappa shape index (κ1) is 21.7. The zero-order chi connectivity index (χ0) is 24.1. The number of likely N-dealkylation sites (tertiary alicyclic amines) is 1. The zero-order valence-electron chi connectivity index (χ0n) is 19.4. The molecular weight excluding hydrogens is 444 g/mol. The Hall–Kier alpha value is -3.84. The van der Waals surface area contributed by atoms with Crippen LogP contribution in [0.1, 0.15) is 23.6 Å². The van der Waals surface area contributed by atoms with Crippen LogP contribution < -0.4 is 15.9 Å². The van der Waals surface area contributed by atoms with E-state index >= 15 is 0 Å². The number of aromatic hydroxyl groups is 1. The molecule has 2 aromatic carbocycles. The van der Waals surface area contributed by atoms with Gasteiger partial charge in [0.15, 0.2) is 0 Å². The maximum atomic E-state index is 13.0. The van der Waals surface area contributed by atoms with Gasteiger partial charge in [0.05, 0.1) is 18.2 Å². The molecule has 1 N–H and O–H groups in total. The van der Waals surface area contributed by atoms with Crippen molar-refractivity contribution < 1.29 is 14.3 Å². The van der Waals surface area contributed by atoms with Crippen LogP contribution in [0.25, 0.3) is 22.1 Å². The number of piperidine rings is 1. The molecule has 35 heavy (non-hydrogen) atoms. The molecule has 0 spiro atoms. The van der Waals surface area contributed by atoms with Crippen molar-refractivity contribution >= 4 is 11.0 Å². The van der Waals surface area contributed by atoms with E-state index in [1.165, 1.54) is 0 Å². The summed E-state index contributed by atoms with van der Waals surface area (Å²) in [6.07, 6.45) is 1.06. The quantitative estimate of drug-likeness (QED) is 0.455. The first-order valence-electron chi connectivity index (χ1n) is 11.9. The van der Waals surface area contributed by atoms with Gasteiger partial charge in [0.1, 0.15) is 17.1 Å². The largest absolute Gasteiger partial charge is 0.507 e. The van der Waals surface area contributed by atoms with Crippen LogP contribution >= 0.6 is 0 Å². The van der Waals surface area contributed by atoms with Crippen molar-refractivity contribution in [3.05, 3.63) is 92.7 Å².